The van der Waals surface area contributed by atoms with Crippen molar-refractivity contribution in [1.82, 2.24) is 14.9 Å². The number of nitrogens with zero attached hydrogens (tertiary/aromatic N) is 2. The van der Waals surface area contributed by atoms with Gasteiger partial charge in [-0.15, -0.1) is 0 Å². The van der Waals surface area contributed by atoms with E-state index in [-0.39, 0.29) is 0 Å². The van der Waals surface area contributed by atoms with Crippen LogP contribution in [0.4, 0.5) is 0 Å². The summed E-state index contributed by atoms with van der Waals surface area (Å²) in [5.74, 6) is 2.83. The SMILES string of the molecule is COc1ccc(CCC2NCCn3c(C)nc(C)c32)c(OC)c1. The summed E-state index contributed by atoms with van der Waals surface area (Å²) in [4.78, 5) is 4.64. The molecule has 1 aliphatic rings. The Labute approximate surface area is 137 Å². The number of ether oxygens (including phenoxy) is 2. The molecule has 1 N–H and O–H groups in total. The van der Waals surface area contributed by atoms with Gasteiger partial charge in [0.1, 0.15) is 17.3 Å². The van der Waals surface area contributed by atoms with Crippen molar-refractivity contribution in [3.8, 4) is 11.5 Å². The number of hydrogen-bond donors (Lipinski definition) is 1. The van der Waals surface area contributed by atoms with Gasteiger partial charge in [0.05, 0.1) is 25.6 Å². The number of nitrogens with one attached hydrogen (secondary N) is 1. The topological polar surface area (TPSA) is 48.3 Å². The summed E-state index contributed by atoms with van der Waals surface area (Å²) >= 11 is 0. The molecule has 0 aliphatic carbocycles. The number of methoxy groups -OCH3 is 2. The molecule has 0 bridgehead atoms. The van der Waals surface area contributed by atoms with Gasteiger partial charge < -0.3 is 19.4 Å². The molecule has 0 fully saturated rings. The van der Waals surface area contributed by atoms with Gasteiger partial charge in [-0.3, -0.25) is 0 Å². The maximum Gasteiger partial charge on any atom is 0.125 e. The molecule has 1 aromatic carbocycles. The van der Waals surface area contributed by atoms with Crippen LogP contribution in [0.25, 0.3) is 0 Å². The lowest BCUT2D eigenvalue weighted by molar-refractivity contribution is 0.382. The van der Waals surface area contributed by atoms with Crippen LogP contribution in [0.2, 0.25) is 0 Å². The van der Waals surface area contributed by atoms with Crippen molar-refractivity contribution in [1.29, 1.82) is 0 Å². The van der Waals surface area contributed by atoms with E-state index in [0.717, 1.165) is 48.9 Å². The van der Waals surface area contributed by atoms with Gasteiger partial charge >= 0.3 is 0 Å². The molecule has 1 unspecified atom stereocenters. The van der Waals surface area contributed by atoms with Crippen LogP contribution in [0.3, 0.4) is 0 Å². The number of hydrogen-bond acceptors (Lipinski definition) is 4. The zero-order valence-electron chi connectivity index (χ0n) is 14.3. The van der Waals surface area contributed by atoms with Crippen molar-refractivity contribution in [2.75, 3.05) is 20.8 Å². The molecule has 2 aromatic rings. The minimum atomic E-state index is 0.344. The van der Waals surface area contributed by atoms with E-state index in [0.29, 0.717) is 6.04 Å². The van der Waals surface area contributed by atoms with Gasteiger partial charge in [0.2, 0.25) is 0 Å². The highest BCUT2D eigenvalue weighted by atomic mass is 16.5. The Bertz CT molecular complexity index is 694. The summed E-state index contributed by atoms with van der Waals surface area (Å²) in [5.41, 5.74) is 3.68. The zero-order valence-corrected chi connectivity index (χ0v) is 14.3. The molecule has 0 amide bonds. The fourth-order valence-corrected chi connectivity index (χ4v) is 3.50. The van der Waals surface area contributed by atoms with E-state index in [1.807, 2.05) is 12.1 Å². The molecule has 3 rings (SSSR count). The van der Waals surface area contributed by atoms with Crippen molar-refractivity contribution < 1.29 is 9.47 Å². The van der Waals surface area contributed by atoms with Gasteiger partial charge in [0.15, 0.2) is 0 Å². The van der Waals surface area contributed by atoms with Crippen LogP contribution < -0.4 is 14.8 Å². The monoisotopic (exact) mass is 315 g/mol. The molecule has 0 spiro atoms. The Balaban J connectivity index is 1.77. The first-order valence-corrected chi connectivity index (χ1v) is 8.12. The largest absolute Gasteiger partial charge is 0.497 e. The van der Waals surface area contributed by atoms with Crippen molar-refractivity contribution in [3.63, 3.8) is 0 Å². The maximum absolute atomic E-state index is 5.51. The van der Waals surface area contributed by atoms with Gasteiger partial charge in [-0.05, 0) is 38.3 Å². The molecule has 0 saturated heterocycles. The van der Waals surface area contributed by atoms with E-state index in [9.17, 15) is 0 Å². The lowest BCUT2D eigenvalue weighted by Gasteiger charge is -2.27. The molecule has 1 atom stereocenters. The van der Waals surface area contributed by atoms with Crippen LogP contribution in [0, 0.1) is 13.8 Å². The van der Waals surface area contributed by atoms with Crippen LogP contribution in [-0.2, 0) is 13.0 Å². The maximum atomic E-state index is 5.51. The van der Waals surface area contributed by atoms with Gasteiger partial charge in [0, 0.05) is 25.2 Å². The fraction of sp³-hybridized carbons (Fsp3) is 0.500. The second-order valence-corrected chi connectivity index (χ2v) is 6.00. The predicted octanol–water partition coefficient (Wildman–Crippen LogP) is 2.79. The number of imidazole rings is 1. The molecule has 124 valence electrons. The summed E-state index contributed by atoms with van der Waals surface area (Å²) in [6.07, 6.45) is 1.98. The van der Waals surface area contributed by atoms with Crippen molar-refractivity contribution >= 4 is 0 Å². The Morgan fingerprint density at radius 3 is 2.83 bits per heavy atom. The number of benzene rings is 1. The molecule has 23 heavy (non-hydrogen) atoms. The Hall–Kier alpha value is -2.01. The van der Waals surface area contributed by atoms with Crippen molar-refractivity contribution in [2.45, 2.75) is 39.3 Å². The first kappa shape index (κ1) is 15.9. The highest BCUT2D eigenvalue weighted by molar-refractivity contribution is 5.41. The molecule has 0 radical (unpaired) electrons. The van der Waals surface area contributed by atoms with E-state index in [4.69, 9.17) is 9.47 Å². The van der Waals surface area contributed by atoms with Crippen LogP contribution in [-0.4, -0.2) is 30.3 Å². The molecule has 5 heteroatoms. The Morgan fingerprint density at radius 1 is 1.26 bits per heavy atom. The third-order valence-electron chi connectivity index (χ3n) is 4.63. The summed E-state index contributed by atoms with van der Waals surface area (Å²) in [6, 6.07) is 6.38. The first-order chi connectivity index (χ1) is 11.1. The highest BCUT2D eigenvalue weighted by Gasteiger charge is 2.24. The third-order valence-corrected chi connectivity index (χ3v) is 4.63. The smallest absolute Gasteiger partial charge is 0.125 e. The average Bonchev–Trinajstić information content (AvgIpc) is 2.87. The summed E-state index contributed by atoms with van der Waals surface area (Å²) in [5, 5.41) is 3.63. The van der Waals surface area contributed by atoms with Gasteiger partial charge in [-0.2, -0.15) is 0 Å². The molecule has 2 heterocycles. The predicted molar refractivity (Wildman–Crippen MR) is 90.3 cm³/mol. The quantitative estimate of drug-likeness (QED) is 0.922. The van der Waals surface area contributed by atoms with Gasteiger partial charge in [0.25, 0.3) is 0 Å². The van der Waals surface area contributed by atoms with Crippen LogP contribution in [0.5, 0.6) is 11.5 Å². The molecule has 0 saturated carbocycles. The standard InChI is InChI=1S/C18H25N3O2/c1-12-18-16(19-9-10-21(18)13(2)20-12)8-6-14-5-7-15(22-3)11-17(14)23-4/h5,7,11,16,19H,6,8-10H2,1-4H3. The summed E-state index contributed by atoms with van der Waals surface area (Å²) in [7, 11) is 3.38. The van der Waals surface area contributed by atoms with E-state index in [1.54, 1.807) is 14.2 Å². The first-order valence-electron chi connectivity index (χ1n) is 8.12. The van der Waals surface area contributed by atoms with E-state index in [1.165, 1.54) is 11.3 Å². The lowest BCUT2D eigenvalue weighted by Crippen LogP contribution is -2.34. The second-order valence-electron chi connectivity index (χ2n) is 6.00. The van der Waals surface area contributed by atoms with Crippen molar-refractivity contribution in [3.05, 3.63) is 41.0 Å². The molecule has 1 aliphatic heterocycles. The number of aromatic nitrogens is 2. The zero-order chi connectivity index (χ0) is 16.4. The summed E-state index contributed by atoms with van der Waals surface area (Å²) in [6.45, 7) is 6.19. The number of rotatable bonds is 5. The molecule has 1 aromatic heterocycles. The van der Waals surface area contributed by atoms with Gasteiger partial charge in [-0.1, -0.05) is 6.07 Å². The summed E-state index contributed by atoms with van der Waals surface area (Å²) < 4.78 is 13.1. The van der Waals surface area contributed by atoms with E-state index < -0.39 is 0 Å². The minimum Gasteiger partial charge on any atom is -0.497 e. The van der Waals surface area contributed by atoms with Crippen LogP contribution >= 0.6 is 0 Å². The fourth-order valence-electron chi connectivity index (χ4n) is 3.50. The molecular weight excluding hydrogens is 290 g/mol. The average molecular weight is 315 g/mol. The Kier molecular flexibility index (Phi) is 4.57. The van der Waals surface area contributed by atoms with Gasteiger partial charge in [-0.25, -0.2) is 4.98 Å². The van der Waals surface area contributed by atoms with E-state index >= 15 is 0 Å². The number of aryl methyl sites for hydroxylation is 3. The lowest BCUT2D eigenvalue weighted by atomic mass is 10.00. The molecular formula is C18H25N3O2. The highest BCUT2D eigenvalue weighted by Crippen LogP contribution is 2.30. The third kappa shape index (κ3) is 3.06. The second kappa shape index (κ2) is 6.62. The van der Waals surface area contributed by atoms with E-state index in [2.05, 4.69) is 34.8 Å². The van der Waals surface area contributed by atoms with Crippen LogP contribution in [0.1, 0.15) is 35.2 Å². The number of fused-ring (bicyclic) bond motifs is 1. The minimum absolute atomic E-state index is 0.344. The van der Waals surface area contributed by atoms with Crippen LogP contribution in [0.15, 0.2) is 18.2 Å². The normalized spacial score (nSPS) is 17.0. The molecule has 5 nitrogen and oxygen atoms in total. The Morgan fingerprint density at radius 2 is 2.09 bits per heavy atom. The van der Waals surface area contributed by atoms with Crippen molar-refractivity contribution in [2.24, 2.45) is 0 Å².